The van der Waals surface area contributed by atoms with Gasteiger partial charge in [0.05, 0.1) is 13.0 Å². The van der Waals surface area contributed by atoms with Gasteiger partial charge >= 0.3 is 11.9 Å². The Labute approximate surface area is 145 Å². The van der Waals surface area contributed by atoms with Crippen molar-refractivity contribution in [2.24, 2.45) is 5.92 Å². The van der Waals surface area contributed by atoms with Gasteiger partial charge in [0.2, 0.25) is 5.91 Å². The first-order valence-electron chi connectivity index (χ1n) is 7.81. The maximum atomic E-state index is 12.3. The number of aliphatic carboxylic acids is 1. The average Bonchev–Trinajstić information content (AvgIpc) is 2.51. The van der Waals surface area contributed by atoms with Crippen LogP contribution < -0.4 is 10.6 Å². The number of hydrogen-bond acceptors (Lipinski definition) is 5. The van der Waals surface area contributed by atoms with Gasteiger partial charge in [0.15, 0.2) is 0 Å². The van der Waals surface area contributed by atoms with Gasteiger partial charge in [-0.2, -0.15) is 0 Å². The van der Waals surface area contributed by atoms with Gasteiger partial charge in [-0.05, 0) is 31.0 Å². The molecule has 0 unspecified atom stereocenters. The molecule has 0 radical (unpaired) electrons. The van der Waals surface area contributed by atoms with E-state index >= 15 is 0 Å². The third-order valence-electron chi connectivity index (χ3n) is 3.36. The molecule has 0 bridgehead atoms. The SMILES string of the molecule is CCOC(=O)C[C@H](C)[C@H](NC(=O)c1cccc(NC(C)=O)c1)C(=O)O. The lowest BCUT2D eigenvalue weighted by atomic mass is 9.98. The summed E-state index contributed by atoms with van der Waals surface area (Å²) >= 11 is 0. The smallest absolute Gasteiger partial charge is 0.326 e. The van der Waals surface area contributed by atoms with E-state index in [1.165, 1.54) is 19.1 Å². The second kappa shape index (κ2) is 9.41. The highest BCUT2D eigenvalue weighted by Crippen LogP contribution is 2.14. The van der Waals surface area contributed by atoms with Crippen molar-refractivity contribution in [1.82, 2.24) is 5.32 Å². The van der Waals surface area contributed by atoms with Crippen molar-refractivity contribution < 1.29 is 29.0 Å². The lowest BCUT2D eigenvalue weighted by Crippen LogP contribution is -2.45. The largest absolute Gasteiger partial charge is 0.480 e. The van der Waals surface area contributed by atoms with Gasteiger partial charge in [-0.1, -0.05) is 13.0 Å². The molecule has 2 amide bonds. The number of rotatable bonds is 8. The predicted molar refractivity (Wildman–Crippen MR) is 90.0 cm³/mol. The van der Waals surface area contributed by atoms with E-state index in [0.29, 0.717) is 5.69 Å². The van der Waals surface area contributed by atoms with Crippen LogP contribution in [0.25, 0.3) is 0 Å². The van der Waals surface area contributed by atoms with Crippen molar-refractivity contribution in [1.29, 1.82) is 0 Å². The van der Waals surface area contributed by atoms with Crippen LogP contribution in [0.4, 0.5) is 5.69 Å². The molecular formula is C17H22N2O6. The molecule has 0 saturated carbocycles. The van der Waals surface area contributed by atoms with E-state index in [0.717, 1.165) is 0 Å². The summed E-state index contributed by atoms with van der Waals surface area (Å²) in [5, 5.41) is 14.3. The lowest BCUT2D eigenvalue weighted by Gasteiger charge is -2.21. The number of carboxylic acids is 1. The van der Waals surface area contributed by atoms with Crippen LogP contribution in [-0.2, 0) is 19.1 Å². The van der Waals surface area contributed by atoms with Gasteiger partial charge in [-0.15, -0.1) is 0 Å². The van der Waals surface area contributed by atoms with E-state index in [1.807, 2.05) is 0 Å². The van der Waals surface area contributed by atoms with Gasteiger partial charge in [0, 0.05) is 18.2 Å². The molecule has 8 heteroatoms. The normalized spacial score (nSPS) is 12.6. The van der Waals surface area contributed by atoms with Crippen molar-refractivity contribution in [3.05, 3.63) is 29.8 Å². The third-order valence-corrected chi connectivity index (χ3v) is 3.36. The molecule has 136 valence electrons. The Bertz CT molecular complexity index is 658. The second-order valence-electron chi connectivity index (χ2n) is 5.54. The summed E-state index contributed by atoms with van der Waals surface area (Å²) in [5.74, 6) is -3.33. The Balaban J connectivity index is 2.84. The van der Waals surface area contributed by atoms with Gasteiger partial charge in [0.1, 0.15) is 6.04 Å². The Morgan fingerprint density at radius 2 is 1.92 bits per heavy atom. The monoisotopic (exact) mass is 350 g/mol. The molecule has 3 N–H and O–H groups in total. The Kier molecular flexibility index (Phi) is 7.58. The summed E-state index contributed by atoms with van der Waals surface area (Å²) in [4.78, 5) is 46.3. The van der Waals surface area contributed by atoms with Crippen molar-refractivity contribution >= 4 is 29.4 Å². The van der Waals surface area contributed by atoms with Crippen LogP contribution in [0.5, 0.6) is 0 Å². The summed E-state index contributed by atoms with van der Waals surface area (Å²) in [6, 6.07) is 4.86. The minimum Gasteiger partial charge on any atom is -0.480 e. The van der Waals surface area contributed by atoms with Crippen LogP contribution in [0.1, 0.15) is 37.6 Å². The zero-order valence-corrected chi connectivity index (χ0v) is 14.4. The summed E-state index contributed by atoms with van der Waals surface area (Å²) in [6.07, 6.45) is -0.128. The van der Waals surface area contributed by atoms with Crippen LogP contribution >= 0.6 is 0 Å². The number of carbonyl (C=O) groups is 4. The van der Waals surface area contributed by atoms with Crippen molar-refractivity contribution in [3.8, 4) is 0 Å². The van der Waals surface area contributed by atoms with Gasteiger partial charge in [0.25, 0.3) is 5.91 Å². The number of carboxylic acid groups (broad SMARTS) is 1. The van der Waals surface area contributed by atoms with Gasteiger partial charge in [-0.25, -0.2) is 4.79 Å². The van der Waals surface area contributed by atoms with E-state index in [9.17, 15) is 24.3 Å². The highest BCUT2D eigenvalue weighted by molar-refractivity contribution is 5.98. The van der Waals surface area contributed by atoms with Crippen LogP contribution in [0.3, 0.4) is 0 Å². The molecule has 0 fully saturated rings. The van der Waals surface area contributed by atoms with Crippen LogP contribution in [0.2, 0.25) is 0 Å². The topological polar surface area (TPSA) is 122 Å². The molecule has 0 aliphatic rings. The molecule has 0 spiro atoms. The van der Waals surface area contributed by atoms with Crippen LogP contribution in [-0.4, -0.2) is 41.5 Å². The highest BCUT2D eigenvalue weighted by Gasteiger charge is 2.29. The predicted octanol–water partition coefficient (Wildman–Crippen LogP) is 1.42. The zero-order chi connectivity index (χ0) is 19.0. The number of esters is 1. The molecule has 8 nitrogen and oxygen atoms in total. The van der Waals surface area contributed by atoms with Crippen molar-refractivity contribution in [2.45, 2.75) is 33.2 Å². The highest BCUT2D eigenvalue weighted by atomic mass is 16.5. The number of amides is 2. The van der Waals surface area contributed by atoms with Gasteiger partial charge in [-0.3, -0.25) is 14.4 Å². The third kappa shape index (κ3) is 6.62. The fourth-order valence-corrected chi connectivity index (χ4v) is 2.21. The molecule has 1 rings (SSSR count). The molecule has 0 aliphatic carbocycles. The summed E-state index contributed by atoms with van der Waals surface area (Å²) < 4.78 is 4.80. The lowest BCUT2D eigenvalue weighted by molar-refractivity contribution is -0.145. The van der Waals surface area contributed by atoms with Crippen molar-refractivity contribution in [3.63, 3.8) is 0 Å². The minimum absolute atomic E-state index is 0.128. The number of benzene rings is 1. The number of anilines is 1. The summed E-state index contributed by atoms with van der Waals surface area (Å²) in [7, 11) is 0. The van der Waals surface area contributed by atoms with Crippen LogP contribution in [0.15, 0.2) is 24.3 Å². The Hall–Kier alpha value is -2.90. The molecule has 0 saturated heterocycles. The summed E-state index contributed by atoms with van der Waals surface area (Å²) in [6.45, 7) is 4.74. The molecule has 0 aromatic heterocycles. The second-order valence-corrected chi connectivity index (χ2v) is 5.54. The summed E-state index contributed by atoms with van der Waals surface area (Å²) in [5.41, 5.74) is 0.618. The molecule has 1 aromatic carbocycles. The zero-order valence-electron chi connectivity index (χ0n) is 14.4. The molecule has 0 heterocycles. The average molecular weight is 350 g/mol. The van der Waals surface area contributed by atoms with Gasteiger partial charge < -0.3 is 20.5 Å². The van der Waals surface area contributed by atoms with E-state index in [2.05, 4.69) is 10.6 Å². The maximum Gasteiger partial charge on any atom is 0.326 e. The maximum absolute atomic E-state index is 12.3. The number of nitrogens with one attached hydrogen (secondary N) is 2. The first-order chi connectivity index (χ1) is 11.7. The number of ether oxygens (including phenoxy) is 1. The first-order valence-corrected chi connectivity index (χ1v) is 7.81. The molecule has 2 atom stereocenters. The van der Waals surface area contributed by atoms with E-state index in [1.54, 1.807) is 26.0 Å². The Morgan fingerprint density at radius 3 is 2.48 bits per heavy atom. The molecule has 1 aromatic rings. The van der Waals surface area contributed by atoms with Crippen molar-refractivity contribution in [2.75, 3.05) is 11.9 Å². The quantitative estimate of drug-likeness (QED) is 0.610. The van der Waals surface area contributed by atoms with E-state index in [4.69, 9.17) is 4.74 Å². The van der Waals surface area contributed by atoms with Crippen LogP contribution in [0, 0.1) is 5.92 Å². The van der Waals surface area contributed by atoms with E-state index < -0.39 is 29.8 Å². The molecular weight excluding hydrogens is 328 g/mol. The standard InChI is InChI=1S/C17H22N2O6/c1-4-25-14(21)8-10(2)15(17(23)24)19-16(22)12-6-5-7-13(9-12)18-11(3)20/h5-7,9-10,15H,4,8H2,1-3H3,(H,18,20)(H,19,22)(H,23,24)/t10-,15-/m0/s1. The fourth-order valence-electron chi connectivity index (χ4n) is 2.21. The fraction of sp³-hybridized carbons (Fsp3) is 0.412. The Morgan fingerprint density at radius 1 is 1.24 bits per heavy atom. The van der Waals surface area contributed by atoms with E-state index in [-0.39, 0.29) is 24.5 Å². The molecule has 25 heavy (non-hydrogen) atoms. The minimum atomic E-state index is -1.25. The molecule has 0 aliphatic heterocycles. The first kappa shape index (κ1) is 20.1. The number of hydrogen-bond donors (Lipinski definition) is 3. The number of carbonyl (C=O) groups excluding carboxylic acids is 3.